The Bertz CT molecular complexity index is 441. The highest BCUT2D eigenvalue weighted by Crippen LogP contribution is 2.28. The lowest BCUT2D eigenvalue weighted by atomic mass is 9.99. The van der Waals surface area contributed by atoms with Gasteiger partial charge in [0.1, 0.15) is 5.75 Å². The summed E-state index contributed by atoms with van der Waals surface area (Å²) in [6.45, 7) is 2.05. The number of amides is 1. The molecule has 3 nitrogen and oxygen atoms in total. The van der Waals surface area contributed by atoms with Crippen LogP contribution in [0.2, 0.25) is 5.02 Å². The highest BCUT2D eigenvalue weighted by molar-refractivity contribution is 6.32. The van der Waals surface area contributed by atoms with E-state index in [4.69, 9.17) is 11.6 Å². The maximum Gasteiger partial charge on any atom is 0.251 e. The van der Waals surface area contributed by atoms with Gasteiger partial charge in [-0.2, -0.15) is 0 Å². The van der Waals surface area contributed by atoms with Crippen molar-refractivity contribution in [1.82, 2.24) is 5.32 Å². The van der Waals surface area contributed by atoms with Crippen molar-refractivity contribution in [3.63, 3.8) is 0 Å². The average molecular weight is 268 g/mol. The third-order valence-corrected chi connectivity index (χ3v) is 3.98. The van der Waals surface area contributed by atoms with Gasteiger partial charge >= 0.3 is 0 Å². The highest BCUT2D eigenvalue weighted by atomic mass is 35.5. The number of phenolic OH excluding ortho intramolecular Hbond substituents is 1. The zero-order valence-corrected chi connectivity index (χ0v) is 11.2. The van der Waals surface area contributed by atoms with E-state index in [1.807, 2.05) is 0 Å². The summed E-state index contributed by atoms with van der Waals surface area (Å²) in [6.07, 6.45) is 4.90. The van der Waals surface area contributed by atoms with Crippen LogP contribution in [0.3, 0.4) is 0 Å². The summed E-state index contributed by atoms with van der Waals surface area (Å²) in [4.78, 5) is 12.0. The van der Waals surface area contributed by atoms with E-state index in [0.29, 0.717) is 11.5 Å². The first-order valence-electron chi connectivity index (χ1n) is 6.37. The largest absolute Gasteiger partial charge is 0.506 e. The standard InChI is InChI=1S/C14H18ClNO2/c1-9(10-4-2-3-5-10)16-14(18)11-6-7-13(17)12(15)8-11/h6-10,17H,2-5H2,1H3,(H,16,18). The van der Waals surface area contributed by atoms with Gasteiger partial charge in [0.25, 0.3) is 5.91 Å². The molecule has 0 saturated heterocycles. The molecule has 4 heteroatoms. The lowest BCUT2D eigenvalue weighted by Crippen LogP contribution is -2.37. The van der Waals surface area contributed by atoms with Gasteiger partial charge in [-0.05, 0) is 43.9 Å². The molecule has 0 aliphatic heterocycles. The molecular formula is C14H18ClNO2. The molecule has 1 unspecified atom stereocenters. The van der Waals surface area contributed by atoms with Gasteiger partial charge in [0.15, 0.2) is 0 Å². The highest BCUT2D eigenvalue weighted by Gasteiger charge is 2.23. The van der Waals surface area contributed by atoms with Crippen molar-refractivity contribution in [2.45, 2.75) is 38.6 Å². The molecule has 1 aliphatic rings. The third kappa shape index (κ3) is 2.96. The van der Waals surface area contributed by atoms with E-state index in [1.165, 1.54) is 37.8 Å². The fourth-order valence-electron chi connectivity index (χ4n) is 2.51. The summed E-state index contributed by atoms with van der Waals surface area (Å²) in [5.41, 5.74) is 0.489. The van der Waals surface area contributed by atoms with Crippen LogP contribution >= 0.6 is 11.6 Å². The third-order valence-electron chi connectivity index (χ3n) is 3.68. The van der Waals surface area contributed by atoms with Gasteiger partial charge in [-0.25, -0.2) is 0 Å². The number of hydrogen-bond acceptors (Lipinski definition) is 2. The van der Waals surface area contributed by atoms with Gasteiger partial charge in [-0.15, -0.1) is 0 Å². The maximum atomic E-state index is 12.0. The number of benzene rings is 1. The molecule has 1 amide bonds. The number of rotatable bonds is 3. The Labute approximate surface area is 112 Å². The van der Waals surface area contributed by atoms with Gasteiger partial charge < -0.3 is 10.4 Å². The zero-order chi connectivity index (χ0) is 13.1. The molecule has 1 aromatic rings. The topological polar surface area (TPSA) is 49.3 Å². The van der Waals surface area contributed by atoms with Crippen molar-refractivity contribution in [3.8, 4) is 5.75 Å². The molecule has 2 rings (SSSR count). The van der Waals surface area contributed by atoms with Crippen molar-refractivity contribution < 1.29 is 9.90 Å². The smallest absolute Gasteiger partial charge is 0.251 e. The Balaban J connectivity index is 2.00. The second kappa shape index (κ2) is 5.61. The average Bonchev–Trinajstić information content (AvgIpc) is 2.86. The van der Waals surface area contributed by atoms with E-state index in [9.17, 15) is 9.90 Å². The minimum Gasteiger partial charge on any atom is -0.506 e. The number of aromatic hydroxyl groups is 1. The van der Waals surface area contributed by atoms with E-state index in [-0.39, 0.29) is 22.7 Å². The summed E-state index contributed by atoms with van der Waals surface area (Å²) in [6, 6.07) is 4.70. The first-order valence-corrected chi connectivity index (χ1v) is 6.75. The molecule has 0 aromatic heterocycles. The number of nitrogens with one attached hydrogen (secondary N) is 1. The SMILES string of the molecule is CC(NC(=O)c1ccc(O)c(Cl)c1)C1CCCC1. The molecule has 1 atom stereocenters. The Morgan fingerprint density at radius 3 is 2.72 bits per heavy atom. The van der Waals surface area contributed by atoms with Crippen LogP contribution in [0.4, 0.5) is 0 Å². The molecule has 1 aliphatic carbocycles. The summed E-state index contributed by atoms with van der Waals surface area (Å²) in [7, 11) is 0. The summed E-state index contributed by atoms with van der Waals surface area (Å²) >= 11 is 5.79. The number of phenols is 1. The minimum absolute atomic E-state index is 0.00272. The Morgan fingerprint density at radius 2 is 2.11 bits per heavy atom. The number of carbonyl (C=O) groups is 1. The van der Waals surface area contributed by atoms with Gasteiger partial charge in [0, 0.05) is 11.6 Å². The summed E-state index contributed by atoms with van der Waals surface area (Å²) in [5, 5.41) is 12.5. The van der Waals surface area contributed by atoms with E-state index in [2.05, 4.69) is 12.2 Å². The monoisotopic (exact) mass is 267 g/mol. The minimum atomic E-state index is -0.128. The van der Waals surface area contributed by atoms with E-state index in [0.717, 1.165) is 0 Å². The molecule has 0 spiro atoms. The van der Waals surface area contributed by atoms with Crippen LogP contribution in [0.15, 0.2) is 18.2 Å². The van der Waals surface area contributed by atoms with E-state index >= 15 is 0 Å². The number of hydrogen-bond donors (Lipinski definition) is 2. The normalized spacial score (nSPS) is 17.7. The first-order chi connectivity index (χ1) is 8.58. The van der Waals surface area contributed by atoms with E-state index < -0.39 is 0 Å². The lowest BCUT2D eigenvalue weighted by Gasteiger charge is -2.20. The predicted octanol–water partition coefficient (Wildman–Crippen LogP) is 3.35. The van der Waals surface area contributed by atoms with Crippen LogP contribution in [-0.2, 0) is 0 Å². The van der Waals surface area contributed by atoms with Crippen LogP contribution in [0.5, 0.6) is 5.75 Å². The quantitative estimate of drug-likeness (QED) is 0.882. The maximum absolute atomic E-state index is 12.0. The Hall–Kier alpha value is -1.22. The fraction of sp³-hybridized carbons (Fsp3) is 0.500. The zero-order valence-electron chi connectivity index (χ0n) is 10.4. The Kier molecular flexibility index (Phi) is 4.12. The molecule has 0 radical (unpaired) electrons. The molecule has 1 fully saturated rings. The fourth-order valence-corrected chi connectivity index (χ4v) is 2.69. The summed E-state index contributed by atoms with van der Waals surface area (Å²) in [5.74, 6) is 0.454. The molecule has 98 valence electrons. The van der Waals surface area contributed by atoms with Crippen molar-refractivity contribution in [2.75, 3.05) is 0 Å². The lowest BCUT2D eigenvalue weighted by molar-refractivity contribution is 0.0927. The van der Waals surface area contributed by atoms with E-state index in [1.54, 1.807) is 6.07 Å². The van der Waals surface area contributed by atoms with Gasteiger partial charge in [-0.1, -0.05) is 24.4 Å². The van der Waals surface area contributed by atoms with Crippen molar-refractivity contribution in [3.05, 3.63) is 28.8 Å². The molecule has 2 N–H and O–H groups in total. The molecule has 0 bridgehead atoms. The van der Waals surface area contributed by atoms with Crippen molar-refractivity contribution in [1.29, 1.82) is 0 Å². The van der Waals surface area contributed by atoms with Crippen molar-refractivity contribution in [2.24, 2.45) is 5.92 Å². The van der Waals surface area contributed by atoms with Gasteiger partial charge in [0.05, 0.1) is 5.02 Å². The second-order valence-electron chi connectivity index (χ2n) is 4.97. The van der Waals surface area contributed by atoms with Crippen LogP contribution in [0.1, 0.15) is 43.0 Å². The van der Waals surface area contributed by atoms with Gasteiger partial charge in [0.2, 0.25) is 0 Å². The molecule has 0 heterocycles. The van der Waals surface area contributed by atoms with Crippen molar-refractivity contribution >= 4 is 17.5 Å². The van der Waals surface area contributed by atoms with Gasteiger partial charge in [-0.3, -0.25) is 4.79 Å². The predicted molar refractivity (Wildman–Crippen MR) is 72.0 cm³/mol. The van der Waals surface area contributed by atoms with Crippen LogP contribution in [-0.4, -0.2) is 17.1 Å². The second-order valence-corrected chi connectivity index (χ2v) is 5.38. The van der Waals surface area contributed by atoms with Crippen LogP contribution < -0.4 is 5.32 Å². The molecule has 18 heavy (non-hydrogen) atoms. The molecule has 1 saturated carbocycles. The molecule has 1 aromatic carbocycles. The number of halogens is 1. The Morgan fingerprint density at radius 1 is 1.44 bits per heavy atom. The molecular weight excluding hydrogens is 250 g/mol. The summed E-state index contributed by atoms with van der Waals surface area (Å²) < 4.78 is 0. The first kappa shape index (κ1) is 13.2. The van der Waals surface area contributed by atoms with Crippen LogP contribution in [0, 0.1) is 5.92 Å². The van der Waals surface area contributed by atoms with Crippen LogP contribution in [0.25, 0.3) is 0 Å². The number of carbonyl (C=O) groups excluding carboxylic acids is 1.